The third-order valence-corrected chi connectivity index (χ3v) is 6.78. The van der Waals surface area contributed by atoms with Crippen molar-refractivity contribution in [2.75, 3.05) is 0 Å². The van der Waals surface area contributed by atoms with Gasteiger partial charge in [-0.15, -0.1) is 0 Å². The van der Waals surface area contributed by atoms with Gasteiger partial charge in [-0.25, -0.2) is 17.6 Å². The van der Waals surface area contributed by atoms with Crippen molar-refractivity contribution in [3.8, 4) is 0 Å². The Hall–Kier alpha value is -1.68. The summed E-state index contributed by atoms with van der Waals surface area (Å²) in [6.45, 7) is 0. The first-order valence-electron chi connectivity index (χ1n) is 8.54. The minimum absolute atomic E-state index is 8.76. The van der Waals surface area contributed by atoms with Crippen LogP contribution in [0.5, 0.6) is 0 Å². The lowest BCUT2D eigenvalue weighted by molar-refractivity contribution is -0.587. The predicted octanol–water partition coefficient (Wildman–Crippen LogP) is 7.21. The molecule has 0 bridgehead atoms. The summed E-state index contributed by atoms with van der Waals surface area (Å²) in [6, 6.07) is 0. The normalized spacial score (nSPS) is 47.4. The van der Waals surface area contributed by atoms with Crippen molar-refractivity contribution in [1.82, 2.24) is 0 Å². The van der Waals surface area contributed by atoms with Crippen molar-refractivity contribution in [3.63, 3.8) is 0 Å². The van der Waals surface area contributed by atoms with Crippen molar-refractivity contribution in [2.45, 2.75) is 81.9 Å². The third kappa shape index (κ3) is 1.88. The lowest BCUT2D eigenvalue weighted by Gasteiger charge is -2.70. The molecule has 0 radical (unpaired) electrons. The minimum Gasteiger partial charge on any atom is -0.229 e. The van der Waals surface area contributed by atoms with Crippen molar-refractivity contribution in [1.29, 1.82) is 0 Å². The molecular formula is C14F24. The molecule has 0 aromatic heterocycles. The van der Waals surface area contributed by atoms with E-state index >= 15 is 8.78 Å². The Morgan fingerprint density at radius 3 is 0.395 bits per heavy atom. The molecule has 0 saturated heterocycles. The second-order valence-corrected chi connectivity index (χ2v) is 8.38. The van der Waals surface area contributed by atoms with Gasteiger partial charge in [0.2, 0.25) is 0 Å². The second-order valence-electron chi connectivity index (χ2n) is 8.38. The average Bonchev–Trinajstić information content (AvgIpc) is 2.72. The third-order valence-electron chi connectivity index (χ3n) is 6.78. The molecule has 3 aliphatic carbocycles. The Kier molecular flexibility index (Phi) is 4.98. The number of rotatable bonds is 0. The van der Waals surface area contributed by atoms with Crippen LogP contribution in [0.15, 0.2) is 0 Å². The first kappa shape index (κ1) is 30.9. The maximum atomic E-state index is 15.3. The SMILES string of the molecule is FC1(F)C(F)(F)C(F)(F)C2(F)C(F)(C1(F)F)C(F)(F)C(F)(F)C1(F)C(F)(F)C(F)(F)C(F)(F)C(F)(F)C12F. The molecule has 224 valence electrons. The fraction of sp³-hybridized carbons (Fsp3) is 1.00. The number of hydrogen-bond donors (Lipinski definition) is 0. The van der Waals surface area contributed by atoms with Crippen LogP contribution in [-0.2, 0) is 0 Å². The highest BCUT2D eigenvalue weighted by atomic mass is 19.4. The van der Waals surface area contributed by atoms with Gasteiger partial charge in [-0.3, -0.25) is 0 Å². The molecule has 3 saturated carbocycles. The standard InChI is InChI=1S/C14F24/c15-1-2(16)4(18,10(29,30)14(37,38)12(33,34)6(2,21)22)8(25,26)7(23,24)3(1,17)9(27,28)13(35,36)11(31,32)5(1,19)20. The maximum absolute atomic E-state index is 15.3. The zero-order chi connectivity index (χ0) is 31.0. The van der Waals surface area contributed by atoms with E-state index in [2.05, 4.69) is 0 Å². The van der Waals surface area contributed by atoms with Crippen LogP contribution in [0.25, 0.3) is 0 Å². The molecular weight excluding hydrogens is 624 g/mol. The van der Waals surface area contributed by atoms with Gasteiger partial charge in [0.1, 0.15) is 0 Å². The molecule has 24 heteroatoms. The van der Waals surface area contributed by atoms with E-state index in [1.807, 2.05) is 0 Å². The molecule has 38 heavy (non-hydrogen) atoms. The second kappa shape index (κ2) is 6.14. The fourth-order valence-electron chi connectivity index (χ4n) is 4.69. The minimum atomic E-state index is -9.77. The van der Waals surface area contributed by atoms with Crippen molar-refractivity contribution >= 4 is 0 Å². The summed E-state index contributed by atoms with van der Waals surface area (Å²) < 4.78 is 339. The predicted molar refractivity (Wildman–Crippen MR) is 64.8 cm³/mol. The van der Waals surface area contributed by atoms with Crippen LogP contribution in [0.1, 0.15) is 0 Å². The Balaban J connectivity index is 2.86. The van der Waals surface area contributed by atoms with Crippen LogP contribution in [0.2, 0.25) is 0 Å². The Labute approximate surface area is 188 Å². The van der Waals surface area contributed by atoms with Gasteiger partial charge >= 0.3 is 59.2 Å². The first-order valence-corrected chi connectivity index (χ1v) is 8.54. The van der Waals surface area contributed by atoms with Crippen LogP contribution < -0.4 is 0 Å². The molecule has 0 aromatic rings. The molecule has 3 fully saturated rings. The van der Waals surface area contributed by atoms with E-state index in [1.54, 1.807) is 0 Å². The van der Waals surface area contributed by atoms with Crippen LogP contribution in [-0.4, -0.2) is 81.9 Å². The molecule has 0 aromatic carbocycles. The van der Waals surface area contributed by atoms with Crippen molar-refractivity contribution < 1.29 is 105 Å². The van der Waals surface area contributed by atoms with E-state index in [1.165, 1.54) is 0 Å². The van der Waals surface area contributed by atoms with Crippen molar-refractivity contribution in [3.05, 3.63) is 0 Å². The molecule has 0 nitrogen and oxygen atoms in total. The van der Waals surface area contributed by atoms with E-state index in [-0.39, 0.29) is 0 Å². The van der Waals surface area contributed by atoms with Gasteiger partial charge in [0.15, 0.2) is 0 Å². The van der Waals surface area contributed by atoms with Crippen LogP contribution >= 0.6 is 0 Å². The summed E-state index contributed by atoms with van der Waals surface area (Å²) in [4.78, 5) is 0. The number of halogens is 24. The first-order chi connectivity index (χ1) is 16.0. The summed E-state index contributed by atoms with van der Waals surface area (Å²) in [5.41, 5.74) is -38.6. The molecule has 4 unspecified atom stereocenters. The summed E-state index contributed by atoms with van der Waals surface area (Å²) >= 11 is 0. The summed E-state index contributed by atoms with van der Waals surface area (Å²) in [7, 11) is 0. The van der Waals surface area contributed by atoms with E-state index in [0.717, 1.165) is 0 Å². The quantitative estimate of drug-likeness (QED) is 0.250. The highest BCUT2D eigenvalue weighted by molar-refractivity contribution is 5.51. The van der Waals surface area contributed by atoms with E-state index in [9.17, 15) is 96.6 Å². The zero-order valence-corrected chi connectivity index (χ0v) is 16.1. The molecule has 4 atom stereocenters. The van der Waals surface area contributed by atoms with Crippen LogP contribution in [0.3, 0.4) is 0 Å². The van der Waals surface area contributed by atoms with Gasteiger partial charge in [0.05, 0.1) is 0 Å². The highest BCUT2D eigenvalue weighted by Gasteiger charge is 3.21. The number of fused-ring (bicyclic) bond motifs is 3. The Morgan fingerprint density at radius 1 is 0.132 bits per heavy atom. The topological polar surface area (TPSA) is 0 Å². The van der Waals surface area contributed by atoms with E-state index < -0.39 is 81.9 Å². The highest BCUT2D eigenvalue weighted by Crippen LogP contribution is 2.87. The zero-order valence-electron chi connectivity index (χ0n) is 16.1. The number of alkyl halides is 24. The largest absolute Gasteiger partial charge is 0.382 e. The van der Waals surface area contributed by atoms with Crippen LogP contribution in [0, 0.1) is 0 Å². The fourth-order valence-corrected chi connectivity index (χ4v) is 4.69. The van der Waals surface area contributed by atoms with Gasteiger partial charge in [-0.2, -0.15) is 87.8 Å². The lowest BCUT2D eigenvalue weighted by Crippen LogP contribution is -3.06. The summed E-state index contributed by atoms with van der Waals surface area (Å²) in [6.07, 6.45) is 0. The van der Waals surface area contributed by atoms with E-state index in [4.69, 9.17) is 0 Å². The Bertz CT molecular complexity index is 982. The molecule has 0 N–H and O–H groups in total. The summed E-state index contributed by atoms with van der Waals surface area (Å²) in [5, 5.41) is 0. The monoisotopic (exact) mass is 624 g/mol. The van der Waals surface area contributed by atoms with Crippen LogP contribution in [0.4, 0.5) is 105 Å². The van der Waals surface area contributed by atoms with Crippen molar-refractivity contribution in [2.24, 2.45) is 0 Å². The molecule has 0 heterocycles. The van der Waals surface area contributed by atoms with E-state index in [0.29, 0.717) is 0 Å². The maximum Gasteiger partial charge on any atom is 0.382 e. The van der Waals surface area contributed by atoms with Gasteiger partial charge in [0.25, 0.3) is 22.7 Å². The molecule has 3 aliphatic rings. The number of hydrogen-bond acceptors (Lipinski definition) is 0. The Morgan fingerprint density at radius 2 is 0.237 bits per heavy atom. The molecule has 0 amide bonds. The smallest absolute Gasteiger partial charge is 0.229 e. The lowest BCUT2D eigenvalue weighted by atomic mass is 9.43. The van der Waals surface area contributed by atoms with Gasteiger partial charge < -0.3 is 0 Å². The van der Waals surface area contributed by atoms with Gasteiger partial charge in [-0.05, 0) is 0 Å². The molecule has 0 spiro atoms. The molecule has 0 aliphatic heterocycles. The molecule has 3 rings (SSSR count). The van der Waals surface area contributed by atoms with Gasteiger partial charge in [0, 0.05) is 0 Å². The average molecular weight is 624 g/mol. The summed E-state index contributed by atoms with van der Waals surface area (Å²) in [5.74, 6) is -91.1. The van der Waals surface area contributed by atoms with Gasteiger partial charge in [-0.1, -0.05) is 0 Å².